The summed E-state index contributed by atoms with van der Waals surface area (Å²) in [6, 6.07) is 27.1. The molecule has 1 aliphatic carbocycles. The van der Waals surface area contributed by atoms with Crippen molar-refractivity contribution in [1.82, 2.24) is 10.2 Å². The molecule has 0 heterocycles. The molecule has 47 heavy (non-hydrogen) atoms. The van der Waals surface area contributed by atoms with Crippen LogP contribution in [0, 0.1) is 13.8 Å². The van der Waals surface area contributed by atoms with E-state index in [0.29, 0.717) is 26.9 Å². The van der Waals surface area contributed by atoms with Crippen molar-refractivity contribution in [2.45, 2.75) is 69.5 Å². The molecule has 1 atom stereocenters. The molecule has 1 saturated carbocycles. The van der Waals surface area contributed by atoms with Gasteiger partial charge < -0.3 is 10.2 Å². The van der Waals surface area contributed by atoms with Gasteiger partial charge in [-0.3, -0.25) is 13.9 Å². The smallest absolute Gasteiger partial charge is 0.264 e. The summed E-state index contributed by atoms with van der Waals surface area (Å²) >= 11 is 12.6. The number of anilines is 1. The number of amides is 2. The predicted molar refractivity (Wildman–Crippen MR) is 188 cm³/mol. The van der Waals surface area contributed by atoms with Crippen molar-refractivity contribution < 1.29 is 18.0 Å². The van der Waals surface area contributed by atoms with E-state index in [-0.39, 0.29) is 29.8 Å². The minimum absolute atomic E-state index is 0.0269. The Balaban J connectivity index is 1.58. The second-order valence-corrected chi connectivity index (χ2v) is 14.8. The Morgan fingerprint density at radius 1 is 0.830 bits per heavy atom. The highest BCUT2D eigenvalue weighted by Gasteiger charge is 2.36. The number of hydrogen-bond donors (Lipinski definition) is 1. The summed E-state index contributed by atoms with van der Waals surface area (Å²) in [5.74, 6) is -0.802. The van der Waals surface area contributed by atoms with Crippen LogP contribution in [0.25, 0.3) is 0 Å². The fraction of sp³-hybridized carbons (Fsp3) is 0.297. The highest BCUT2D eigenvalue weighted by molar-refractivity contribution is 7.92. The Morgan fingerprint density at radius 3 is 2.15 bits per heavy atom. The Morgan fingerprint density at radius 2 is 1.49 bits per heavy atom. The second kappa shape index (κ2) is 15.4. The maximum Gasteiger partial charge on any atom is 0.264 e. The van der Waals surface area contributed by atoms with Crippen LogP contribution in [0.4, 0.5) is 5.69 Å². The molecule has 0 aliphatic heterocycles. The van der Waals surface area contributed by atoms with Gasteiger partial charge >= 0.3 is 0 Å². The largest absolute Gasteiger partial charge is 0.352 e. The predicted octanol–water partition coefficient (Wildman–Crippen LogP) is 7.50. The first-order valence-corrected chi connectivity index (χ1v) is 17.9. The van der Waals surface area contributed by atoms with E-state index in [2.05, 4.69) is 5.32 Å². The van der Waals surface area contributed by atoms with E-state index < -0.39 is 28.5 Å². The van der Waals surface area contributed by atoms with Crippen LogP contribution in [0.1, 0.15) is 47.9 Å². The average Bonchev–Trinajstić information content (AvgIpc) is 3.55. The summed E-state index contributed by atoms with van der Waals surface area (Å²) in [4.78, 5) is 30.3. The molecule has 1 aliphatic rings. The zero-order valence-corrected chi connectivity index (χ0v) is 28.9. The number of rotatable bonds is 12. The quantitative estimate of drug-likeness (QED) is 0.167. The van der Waals surface area contributed by atoms with Gasteiger partial charge in [0.1, 0.15) is 12.6 Å². The Bertz CT molecular complexity index is 1810. The zero-order valence-electron chi connectivity index (χ0n) is 26.5. The van der Waals surface area contributed by atoms with Gasteiger partial charge in [0.05, 0.1) is 10.6 Å². The summed E-state index contributed by atoms with van der Waals surface area (Å²) in [5, 5.41) is 4.12. The van der Waals surface area contributed by atoms with Crippen LogP contribution in [0.2, 0.25) is 10.0 Å². The van der Waals surface area contributed by atoms with Crippen LogP contribution in [0.5, 0.6) is 0 Å². The van der Waals surface area contributed by atoms with Crippen LogP contribution in [-0.4, -0.2) is 43.8 Å². The molecule has 1 N–H and O–H groups in total. The molecule has 246 valence electrons. The van der Waals surface area contributed by atoms with Crippen molar-refractivity contribution in [2.24, 2.45) is 0 Å². The summed E-state index contributed by atoms with van der Waals surface area (Å²) in [6.07, 6.45) is 4.07. The molecule has 0 radical (unpaired) electrons. The zero-order chi connectivity index (χ0) is 33.6. The van der Waals surface area contributed by atoms with Crippen molar-refractivity contribution in [3.63, 3.8) is 0 Å². The summed E-state index contributed by atoms with van der Waals surface area (Å²) < 4.78 is 29.7. The molecule has 1 fully saturated rings. The van der Waals surface area contributed by atoms with Crippen LogP contribution in [0.15, 0.2) is 102 Å². The Hall–Kier alpha value is -3.85. The third-order valence-electron chi connectivity index (χ3n) is 8.53. The monoisotopic (exact) mass is 691 g/mol. The first-order valence-electron chi connectivity index (χ1n) is 15.7. The first kappa shape index (κ1) is 34.5. The SMILES string of the molecule is Cc1ccc(S(=O)(=O)N(CC(=O)N(Cc2cccc(Cl)c2)C(Cc2ccccc2)C(=O)NC2CCCC2)c2ccc(Cl)cc2C)cc1. The highest BCUT2D eigenvalue weighted by Crippen LogP contribution is 2.30. The molecule has 2 amide bonds. The van der Waals surface area contributed by atoms with Gasteiger partial charge in [-0.2, -0.15) is 0 Å². The molecule has 4 aromatic rings. The molecule has 0 saturated heterocycles. The number of benzene rings is 4. The van der Waals surface area contributed by atoms with Crippen LogP contribution < -0.4 is 9.62 Å². The van der Waals surface area contributed by atoms with Crippen molar-refractivity contribution in [3.05, 3.63) is 129 Å². The van der Waals surface area contributed by atoms with Gasteiger partial charge in [-0.05, 0) is 85.8 Å². The molecule has 4 aromatic carbocycles. The number of nitrogens with one attached hydrogen (secondary N) is 1. The lowest BCUT2D eigenvalue weighted by Gasteiger charge is -2.34. The third-order valence-corrected chi connectivity index (χ3v) is 10.8. The number of hydrogen-bond acceptors (Lipinski definition) is 4. The van der Waals surface area contributed by atoms with E-state index in [1.807, 2.05) is 43.3 Å². The average molecular weight is 693 g/mol. The van der Waals surface area contributed by atoms with Gasteiger partial charge in [-0.15, -0.1) is 0 Å². The normalized spacial score (nSPS) is 14.0. The highest BCUT2D eigenvalue weighted by atomic mass is 35.5. The number of carbonyl (C=O) groups is 2. The van der Waals surface area contributed by atoms with Gasteiger partial charge in [0, 0.05) is 29.1 Å². The van der Waals surface area contributed by atoms with Crippen LogP contribution >= 0.6 is 23.2 Å². The van der Waals surface area contributed by atoms with E-state index in [0.717, 1.165) is 41.1 Å². The lowest BCUT2D eigenvalue weighted by atomic mass is 10.0. The fourth-order valence-electron chi connectivity index (χ4n) is 6.00. The molecular weight excluding hydrogens is 653 g/mol. The van der Waals surface area contributed by atoms with Gasteiger partial charge in [-0.25, -0.2) is 8.42 Å². The van der Waals surface area contributed by atoms with Crippen molar-refractivity contribution >= 4 is 50.7 Å². The van der Waals surface area contributed by atoms with Crippen LogP contribution in [-0.2, 0) is 32.6 Å². The van der Waals surface area contributed by atoms with Crippen molar-refractivity contribution in [3.8, 4) is 0 Å². The summed E-state index contributed by atoms with van der Waals surface area (Å²) in [6.45, 7) is 3.13. The van der Waals surface area contributed by atoms with Gasteiger partial charge in [0.15, 0.2) is 0 Å². The van der Waals surface area contributed by atoms with Gasteiger partial charge in [-0.1, -0.05) is 96.2 Å². The number of sulfonamides is 1. The Labute approximate surface area is 287 Å². The van der Waals surface area contributed by atoms with E-state index in [9.17, 15) is 18.0 Å². The van der Waals surface area contributed by atoms with Crippen LogP contribution in [0.3, 0.4) is 0 Å². The standard InChI is InChI=1S/C37H39Cl2N3O4S/c1-26-15-18-33(19-16-26)47(45,46)42(34-20-17-31(39)21-27(34)2)25-36(43)41(24-29-11-8-12-30(38)22-29)35(23-28-9-4-3-5-10-28)37(44)40-32-13-6-7-14-32/h3-5,8-12,15-22,32,35H,6-7,13-14,23-25H2,1-2H3,(H,40,44). The number of halogens is 2. The summed E-state index contributed by atoms with van der Waals surface area (Å²) in [5.41, 5.74) is 3.40. The molecule has 1 unspecified atom stereocenters. The van der Waals surface area contributed by atoms with E-state index in [1.54, 1.807) is 55.5 Å². The first-order chi connectivity index (χ1) is 22.5. The van der Waals surface area contributed by atoms with E-state index in [1.165, 1.54) is 17.0 Å². The topological polar surface area (TPSA) is 86.8 Å². The lowest BCUT2D eigenvalue weighted by molar-refractivity contribution is -0.140. The van der Waals surface area contributed by atoms with Crippen molar-refractivity contribution in [2.75, 3.05) is 10.8 Å². The fourth-order valence-corrected chi connectivity index (χ4v) is 7.92. The lowest BCUT2D eigenvalue weighted by Crippen LogP contribution is -2.54. The van der Waals surface area contributed by atoms with E-state index in [4.69, 9.17) is 23.2 Å². The van der Waals surface area contributed by atoms with Gasteiger partial charge in [0.2, 0.25) is 11.8 Å². The number of nitrogens with zero attached hydrogens (tertiary/aromatic N) is 2. The summed E-state index contributed by atoms with van der Waals surface area (Å²) in [7, 11) is -4.22. The molecule has 10 heteroatoms. The molecule has 0 bridgehead atoms. The molecule has 0 spiro atoms. The number of aryl methyl sites for hydroxylation is 2. The second-order valence-electron chi connectivity index (χ2n) is 12.1. The maximum absolute atomic E-state index is 14.7. The molecule has 0 aromatic heterocycles. The molecule has 5 rings (SSSR count). The van der Waals surface area contributed by atoms with E-state index >= 15 is 0 Å². The minimum Gasteiger partial charge on any atom is -0.352 e. The van der Waals surface area contributed by atoms with Crippen molar-refractivity contribution in [1.29, 1.82) is 0 Å². The maximum atomic E-state index is 14.7. The third kappa shape index (κ3) is 8.74. The number of carbonyl (C=O) groups excluding carboxylic acids is 2. The molecular formula is C37H39Cl2N3O4S. The Kier molecular flexibility index (Phi) is 11.3. The molecule has 7 nitrogen and oxygen atoms in total. The van der Waals surface area contributed by atoms with Gasteiger partial charge in [0.25, 0.3) is 10.0 Å². The minimum atomic E-state index is -4.22.